The van der Waals surface area contributed by atoms with Gasteiger partial charge >= 0.3 is 6.09 Å². The number of nitriles is 1. The number of hydrogen-bond donors (Lipinski definition) is 0. The highest BCUT2D eigenvalue weighted by Crippen LogP contribution is 2.39. The SMILES string of the molecule is CC(C#N)CC1C[C@H](c2ccc(F)cc2)N([C@@H](C)c2ccc(Br)cc2)C(=O)O1. The van der Waals surface area contributed by atoms with Gasteiger partial charge in [-0.25, -0.2) is 9.18 Å². The van der Waals surface area contributed by atoms with Gasteiger partial charge in [-0.1, -0.05) is 40.2 Å². The van der Waals surface area contributed by atoms with E-state index in [-0.39, 0.29) is 29.9 Å². The van der Waals surface area contributed by atoms with Crippen molar-refractivity contribution in [3.8, 4) is 6.07 Å². The third-order valence-corrected chi connectivity index (χ3v) is 5.69. The van der Waals surface area contributed by atoms with E-state index in [1.807, 2.05) is 38.1 Å². The molecule has 2 aromatic rings. The topological polar surface area (TPSA) is 53.3 Å². The van der Waals surface area contributed by atoms with E-state index in [4.69, 9.17) is 10.00 Å². The average Bonchev–Trinajstić information content (AvgIpc) is 2.68. The van der Waals surface area contributed by atoms with Crippen LogP contribution >= 0.6 is 15.9 Å². The molecule has 2 aromatic carbocycles. The van der Waals surface area contributed by atoms with Crippen LogP contribution in [0, 0.1) is 23.1 Å². The largest absolute Gasteiger partial charge is 0.446 e. The van der Waals surface area contributed by atoms with Gasteiger partial charge in [-0.3, -0.25) is 4.90 Å². The predicted molar refractivity (Wildman–Crippen MR) is 108 cm³/mol. The molecule has 0 bridgehead atoms. The molecule has 1 aliphatic heterocycles. The number of carbonyl (C=O) groups is 1. The Morgan fingerprint density at radius 1 is 1.21 bits per heavy atom. The molecule has 2 unspecified atom stereocenters. The van der Waals surface area contributed by atoms with Gasteiger partial charge in [0.05, 0.1) is 18.2 Å². The Morgan fingerprint density at radius 2 is 1.86 bits per heavy atom. The highest BCUT2D eigenvalue weighted by molar-refractivity contribution is 9.10. The minimum absolute atomic E-state index is 0.206. The first kappa shape index (κ1) is 20.3. The van der Waals surface area contributed by atoms with E-state index in [0.29, 0.717) is 12.8 Å². The molecule has 0 aromatic heterocycles. The number of nitrogens with zero attached hydrogens (tertiary/aromatic N) is 2. The standard InChI is InChI=1S/C22H22BrFN2O2/c1-14(13-25)11-20-12-21(17-5-9-19(24)10-6-17)26(22(27)28-20)15(2)16-3-7-18(23)8-4-16/h3-10,14-15,20-21H,11-12H2,1-2H3/t14?,15-,20?,21+/m0/s1. The third kappa shape index (κ3) is 4.53. The summed E-state index contributed by atoms with van der Waals surface area (Å²) in [5.41, 5.74) is 1.84. The molecule has 4 nitrogen and oxygen atoms in total. The fourth-order valence-electron chi connectivity index (χ4n) is 3.64. The number of ether oxygens (including phenoxy) is 1. The fraction of sp³-hybridized carbons (Fsp3) is 0.364. The average molecular weight is 445 g/mol. The van der Waals surface area contributed by atoms with Gasteiger partial charge in [0.2, 0.25) is 0 Å². The number of rotatable bonds is 5. The van der Waals surface area contributed by atoms with Crippen LogP contribution in [0.2, 0.25) is 0 Å². The van der Waals surface area contributed by atoms with Crippen molar-refractivity contribution in [1.29, 1.82) is 5.26 Å². The van der Waals surface area contributed by atoms with Crippen LogP contribution in [0.5, 0.6) is 0 Å². The van der Waals surface area contributed by atoms with Crippen LogP contribution in [-0.2, 0) is 4.74 Å². The highest BCUT2D eigenvalue weighted by atomic mass is 79.9. The molecule has 0 radical (unpaired) electrons. The molecule has 0 N–H and O–H groups in total. The Kier molecular flexibility index (Phi) is 6.35. The van der Waals surface area contributed by atoms with Crippen LogP contribution in [0.15, 0.2) is 53.0 Å². The minimum Gasteiger partial charge on any atom is -0.446 e. The van der Waals surface area contributed by atoms with Crippen LogP contribution in [-0.4, -0.2) is 17.1 Å². The van der Waals surface area contributed by atoms with Crippen molar-refractivity contribution < 1.29 is 13.9 Å². The predicted octanol–water partition coefficient (Wildman–Crippen LogP) is 6.15. The molecular formula is C22H22BrFN2O2. The second-order valence-corrected chi connectivity index (χ2v) is 8.13. The third-order valence-electron chi connectivity index (χ3n) is 5.16. The zero-order chi connectivity index (χ0) is 20.3. The molecule has 0 aliphatic carbocycles. The maximum Gasteiger partial charge on any atom is 0.411 e. The molecule has 1 fully saturated rings. The van der Waals surface area contributed by atoms with E-state index in [9.17, 15) is 9.18 Å². The normalized spacial score (nSPS) is 21.5. The quantitative estimate of drug-likeness (QED) is 0.555. The Hall–Kier alpha value is -2.39. The molecule has 0 spiro atoms. The van der Waals surface area contributed by atoms with E-state index < -0.39 is 6.09 Å². The molecule has 3 rings (SSSR count). The summed E-state index contributed by atoms with van der Waals surface area (Å²) in [5, 5.41) is 9.11. The Bertz CT molecular complexity index is 864. The molecule has 1 aliphatic rings. The van der Waals surface area contributed by atoms with Gasteiger partial charge in [-0.15, -0.1) is 0 Å². The summed E-state index contributed by atoms with van der Waals surface area (Å²) in [6.45, 7) is 3.77. The summed E-state index contributed by atoms with van der Waals surface area (Å²) < 4.78 is 20.1. The molecule has 1 amide bonds. The molecule has 1 saturated heterocycles. The lowest BCUT2D eigenvalue weighted by atomic mass is 9.91. The van der Waals surface area contributed by atoms with Gasteiger partial charge in [-0.2, -0.15) is 5.26 Å². The van der Waals surface area contributed by atoms with Crippen molar-refractivity contribution in [2.24, 2.45) is 5.92 Å². The summed E-state index contributed by atoms with van der Waals surface area (Å²) in [6.07, 6.45) is 0.293. The molecule has 146 valence electrons. The van der Waals surface area contributed by atoms with Gasteiger partial charge in [0.1, 0.15) is 11.9 Å². The van der Waals surface area contributed by atoms with Crippen LogP contribution in [0.4, 0.5) is 9.18 Å². The summed E-state index contributed by atoms with van der Waals surface area (Å²) >= 11 is 3.43. The lowest BCUT2D eigenvalue weighted by Crippen LogP contribution is -2.45. The number of carbonyl (C=O) groups excluding carboxylic acids is 1. The van der Waals surface area contributed by atoms with E-state index in [2.05, 4.69) is 22.0 Å². The molecule has 0 saturated carbocycles. The summed E-state index contributed by atoms with van der Waals surface area (Å²) in [7, 11) is 0. The van der Waals surface area contributed by atoms with Crippen molar-refractivity contribution in [2.45, 2.75) is 44.9 Å². The van der Waals surface area contributed by atoms with Crippen molar-refractivity contribution in [3.05, 3.63) is 69.9 Å². The smallest absolute Gasteiger partial charge is 0.411 e. The maximum atomic E-state index is 13.4. The fourth-order valence-corrected chi connectivity index (χ4v) is 3.91. The van der Waals surface area contributed by atoms with Crippen molar-refractivity contribution in [1.82, 2.24) is 4.90 Å². The molecule has 1 heterocycles. The number of benzene rings is 2. The summed E-state index contributed by atoms with van der Waals surface area (Å²) in [5.74, 6) is -0.522. The molecular weight excluding hydrogens is 423 g/mol. The van der Waals surface area contributed by atoms with E-state index >= 15 is 0 Å². The Balaban J connectivity index is 1.93. The maximum absolute atomic E-state index is 13.4. The molecule has 4 atom stereocenters. The first-order valence-electron chi connectivity index (χ1n) is 9.28. The number of amides is 1. The van der Waals surface area contributed by atoms with E-state index in [0.717, 1.165) is 15.6 Å². The first-order chi connectivity index (χ1) is 13.4. The second-order valence-electron chi connectivity index (χ2n) is 7.21. The van der Waals surface area contributed by atoms with Gasteiger partial charge in [0.15, 0.2) is 0 Å². The van der Waals surface area contributed by atoms with Gasteiger partial charge < -0.3 is 4.74 Å². The zero-order valence-corrected chi connectivity index (χ0v) is 17.4. The highest BCUT2D eigenvalue weighted by Gasteiger charge is 2.39. The van der Waals surface area contributed by atoms with Crippen LogP contribution in [0.3, 0.4) is 0 Å². The lowest BCUT2D eigenvalue weighted by Gasteiger charge is -2.42. The van der Waals surface area contributed by atoms with Gasteiger partial charge in [-0.05, 0) is 49.2 Å². The van der Waals surface area contributed by atoms with Gasteiger partial charge in [0.25, 0.3) is 0 Å². The number of hydrogen-bond acceptors (Lipinski definition) is 3. The number of cyclic esters (lactones) is 1. The monoisotopic (exact) mass is 444 g/mol. The van der Waals surface area contributed by atoms with Crippen molar-refractivity contribution >= 4 is 22.0 Å². The number of halogens is 2. The lowest BCUT2D eigenvalue weighted by molar-refractivity contribution is -0.0218. The minimum atomic E-state index is -0.411. The zero-order valence-electron chi connectivity index (χ0n) is 15.8. The van der Waals surface area contributed by atoms with Gasteiger partial charge in [0, 0.05) is 23.2 Å². The van der Waals surface area contributed by atoms with Crippen molar-refractivity contribution in [2.75, 3.05) is 0 Å². The Morgan fingerprint density at radius 3 is 2.46 bits per heavy atom. The van der Waals surface area contributed by atoms with E-state index in [1.54, 1.807) is 17.0 Å². The molecule has 28 heavy (non-hydrogen) atoms. The Labute approximate surface area is 173 Å². The van der Waals surface area contributed by atoms with Crippen molar-refractivity contribution in [3.63, 3.8) is 0 Å². The summed E-state index contributed by atoms with van der Waals surface area (Å²) in [4.78, 5) is 14.7. The summed E-state index contributed by atoms with van der Waals surface area (Å²) in [6, 6.07) is 15.8. The van der Waals surface area contributed by atoms with Crippen LogP contribution in [0.1, 0.15) is 49.9 Å². The first-order valence-corrected chi connectivity index (χ1v) is 10.1. The van der Waals surface area contributed by atoms with E-state index in [1.165, 1.54) is 12.1 Å². The van der Waals surface area contributed by atoms with Crippen LogP contribution in [0.25, 0.3) is 0 Å². The molecule has 6 heteroatoms. The van der Waals surface area contributed by atoms with Crippen LogP contribution < -0.4 is 0 Å². The second kappa shape index (κ2) is 8.74.